The normalized spacial score (nSPS) is 11.3. The molecule has 0 amide bonds. The zero-order valence-electron chi connectivity index (χ0n) is 36.7. The fourth-order valence-corrected chi connectivity index (χ4v) is 9.97. The molecule has 0 N–H and O–H groups in total. The molecule has 0 aliphatic heterocycles. The first-order valence-electron chi connectivity index (χ1n) is 23.8. The topological polar surface area (TPSA) is 18.5 Å². The number of hydrogen-bond acceptors (Lipinski definition) is 4. The molecule has 4 aromatic rings. The lowest BCUT2D eigenvalue weighted by Gasteiger charge is -2.13. The number of benzene rings is 4. The molecule has 0 aliphatic carbocycles. The van der Waals surface area contributed by atoms with Crippen molar-refractivity contribution in [3.63, 3.8) is 0 Å². The summed E-state index contributed by atoms with van der Waals surface area (Å²) in [5, 5.41) is 0. The number of aryl methyl sites for hydroxylation is 2. The molecule has 0 radical (unpaired) electrons. The summed E-state index contributed by atoms with van der Waals surface area (Å²) in [6, 6.07) is 34.1. The van der Waals surface area contributed by atoms with Crippen molar-refractivity contribution >= 4 is 21.6 Å². The van der Waals surface area contributed by atoms with Crippen molar-refractivity contribution in [3.8, 4) is 23.0 Å². The van der Waals surface area contributed by atoms with Crippen LogP contribution in [-0.4, -0.2) is 0 Å². The largest absolute Gasteiger partial charge is 0.456 e. The zero-order chi connectivity index (χ0) is 40.6. The minimum atomic E-state index is 0.886. The van der Waals surface area contributed by atoms with Gasteiger partial charge in [-0.15, -0.1) is 0 Å². The van der Waals surface area contributed by atoms with Crippen LogP contribution in [0.25, 0.3) is 0 Å². The second kappa shape index (κ2) is 32.0. The highest BCUT2D eigenvalue weighted by Crippen LogP contribution is 2.46. The molecular weight excluding hydrogens is 745 g/mol. The van der Waals surface area contributed by atoms with Gasteiger partial charge in [-0.25, -0.2) is 0 Å². The van der Waals surface area contributed by atoms with E-state index in [4.69, 9.17) is 9.47 Å². The Labute approximate surface area is 363 Å². The Morgan fingerprint density at radius 2 is 0.638 bits per heavy atom. The van der Waals surface area contributed by atoms with Crippen molar-refractivity contribution in [3.05, 3.63) is 108 Å². The van der Waals surface area contributed by atoms with E-state index in [0.717, 1.165) is 45.6 Å². The highest BCUT2D eigenvalue weighted by atomic mass is 33.1. The lowest BCUT2D eigenvalue weighted by molar-refractivity contribution is 0.469. The second-order valence-electron chi connectivity index (χ2n) is 16.5. The van der Waals surface area contributed by atoms with E-state index in [-0.39, 0.29) is 0 Å². The van der Waals surface area contributed by atoms with E-state index in [9.17, 15) is 0 Å². The summed E-state index contributed by atoms with van der Waals surface area (Å²) in [5.41, 5.74) is 2.72. The Morgan fingerprint density at radius 1 is 0.328 bits per heavy atom. The van der Waals surface area contributed by atoms with Gasteiger partial charge in [0.2, 0.25) is 0 Å². The summed E-state index contributed by atoms with van der Waals surface area (Å²) in [6.07, 6.45) is 38.3. The smallest absolute Gasteiger partial charge is 0.141 e. The molecule has 4 aromatic carbocycles. The molecule has 318 valence electrons. The maximum atomic E-state index is 6.52. The first-order valence-corrected chi connectivity index (χ1v) is 26.0. The van der Waals surface area contributed by atoms with Crippen molar-refractivity contribution in [2.75, 3.05) is 0 Å². The summed E-state index contributed by atoms with van der Waals surface area (Å²) < 4.78 is 13.0. The fourth-order valence-electron chi connectivity index (χ4n) is 7.77. The average Bonchev–Trinajstić information content (AvgIpc) is 3.24. The van der Waals surface area contributed by atoms with Gasteiger partial charge >= 0.3 is 0 Å². The van der Waals surface area contributed by atoms with Crippen LogP contribution in [-0.2, 0) is 12.8 Å². The molecule has 4 heteroatoms. The molecule has 0 saturated heterocycles. The van der Waals surface area contributed by atoms with Gasteiger partial charge in [-0.05, 0) is 107 Å². The van der Waals surface area contributed by atoms with E-state index < -0.39 is 0 Å². The first kappa shape index (κ1) is 47.9. The lowest BCUT2D eigenvalue weighted by Crippen LogP contribution is -1.91. The molecule has 0 saturated carbocycles. The maximum absolute atomic E-state index is 6.52. The molecule has 0 spiro atoms. The van der Waals surface area contributed by atoms with Crippen LogP contribution in [0.1, 0.15) is 192 Å². The number of para-hydroxylation sites is 2. The number of unbranched alkanes of at least 4 members (excludes halogenated alkanes) is 24. The van der Waals surface area contributed by atoms with Crippen molar-refractivity contribution in [2.45, 2.75) is 203 Å². The molecular formula is C54H78O2S2. The van der Waals surface area contributed by atoms with Crippen LogP contribution in [0.15, 0.2) is 107 Å². The van der Waals surface area contributed by atoms with Gasteiger partial charge in [0.15, 0.2) is 0 Å². The van der Waals surface area contributed by atoms with E-state index >= 15 is 0 Å². The summed E-state index contributed by atoms with van der Waals surface area (Å²) >= 11 is 0. The maximum Gasteiger partial charge on any atom is 0.141 e. The average molecular weight is 823 g/mol. The summed E-state index contributed by atoms with van der Waals surface area (Å²) in [6.45, 7) is 4.59. The number of rotatable bonds is 35. The minimum absolute atomic E-state index is 0.886. The van der Waals surface area contributed by atoms with E-state index in [2.05, 4.69) is 111 Å². The van der Waals surface area contributed by atoms with Crippen LogP contribution >= 0.6 is 21.6 Å². The van der Waals surface area contributed by atoms with Gasteiger partial charge in [0, 0.05) is 0 Å². The predicted octanol–water partition coefficient (Wildman–Crippen LogP) is 19.3. The molecule has 0 aliphatic rings. The van der Waals surface area contributed by atoms with E-state index in [1.807, 2.05) is 0 Å². The fraction of sp³-hybridized carbons (Fsp3) is 0.556. The summed E-state index contributed by atoms with van der Waals surface area (Å²) in [5.74, 6) is 3.59. The Balaban J connectivity index is 1.14. The lowest BCUT2D eigenvalue weighted by atomic mass is 10.0. The van der Waals surface area contributed by atoms with Gasteiger partial charge in [0.25, 0.3) is 0 Å². The third-order valence-corrected chi connectivity index (χ3v) is 13.8. The van der Waals surface area contributed by atoms with Gasteiger partial charge < -0.3 is 9.47 Å². The summed E-state index contributed by atoms with van der Waals surface area (Å²) in [7, 11) is 3.44. The number of ether oxygens (including phenoxy) is 2. The van der Waals surface area contributed by atoms with Gasteiger partial charge in [0.1, 0.15) is 23.0 Å². The van der Waals surface area contributed by atoms with E-state index in [1.54, 1.807) is 21.6 Å². The molecule has 0 bridgehead atoms. The molecule has 58 heavy (non-hydrogen) atoms. The number of hydrogen-bond donors (Lipinski definition) is 0. The first-order chi connectivity index (χ1) is 28.7. The van der Waals surface area contributed by atoms with E-state index in [0.29, 0.717) is 0 Å². The third kappa shape index (κ3) is 21.4. The van der Waals surface area contributed by atoms with Crippen molar-refractivity contribution in [2.24, 2.45) is 0 Å². The molecule has 4 rings (SSSR count). The SMILES string of the molecule is CCCCCCCCCCCCCCCc1cccc(Oc2ccccc2SSc2ccccc2Oc2cccc(CCCCCCCCCCCCCCC)c2)c1. The minimum Gasteiger partial charge on any atom is -0.456 e. The van der Waals surface area contributed by atoms with Crippen molar-refractivity contribution < 1.29 is 9.47 Å². The summed E-state index contributed by atoms with van der Waals surface area (Å²) in [4.78, 5) is 2.20. The molecule has 0 fully saturated rings. The van der Waals surface area contributed by atoms with Crippen molar-refractivity contribution in [1.82, 2.24) is 0 Å². The Kier molecular flexibility index (Phi) is 26.4. The third-order valence-electron chi connectivity index (χ3n) is 11.3. The van der Waals surface area contributed by atoms with Crippen LogP contribution in [0.4, 0.5) is 0 Å². The van der Waals surface area contributed by atoms with Crippen LogP contribution in [0.2, 0.25) is 0 Å². The van der Waals surface area contributed by atoms with E-state index in [1.165, 1.54) is 178 Å². The Hall–Kier alpha value is -2.82. The van der Waals surface area contributed by atoms with Crippen molar-refractivity contribution in [1.29, 1.82) is 0 Å². The molecule has 0 unspecified atom stereocenters. The van der Waals surface area contributed by atoms with Crippen LogP contribution in [0.3, 0.4) is 0 Å². The Bertz CT molecular complexity index is 1480. The predicted molar refractivity (Wildman–Crippen MR) is 256 cm³/mol. The quantitative estimate of drug-likeness (QED) is 0.0340. The standard InChI is InChI=1S/C54H78O2S2/c1-3-5-7-9-11-13-15-17-19-21-23-25-27-35-47-37-33-39-49(45-47)55-51-41-29-31-43-53(51)57-58-54-44-32-30-42-52(54)56-50-40-34-38-48(46-50)36-28-26-24-22-20-18-16-14-12-10-8-6-4-2/h29-34,37-46H,3-28,35-36H2,1-2H3. The Morgan fingerprint density at radius 3 is 0.983 bits per heavy atom. The molecule has 2 nitrogen and oxygen atoms in total. The molecule has 0 aromatic heterocycles. The molecule has 0 atom stereocenters. The highest BCUT2D eigenvalue weighted by Gasteiger charge is 2.11. The van der Waals surface area contributed by atoms with Crippen LogP contribution in [0, 0.1) is 0 Å². The van der Waals surface area contributed by atoms with Gasteiger partial charge in [0.05, 0.1) is 9.79 Å². The second-order valence-corrected chi connectivity index (χ2v) is 18.8. The van der Waals surface area contributed by atoms with Gasteiger partial charge in [-0.3, -0.25) is 0 Å². The van der Waals surface area contributed by atoms with Gasteiger partial charge in [-0.1, -0.05) is 216 Å². The van der Waals surface area contributed by atoms with Crippen LogP contribution in [0.5, 0.6) is 23.0 Å². The zero-order valence-corrected chi connectivity index (χ0v) is 38.3. The monoisotopic (exact) mass is 823 g/mol. The van der Waals surface area contributed by atoms with Crippen LogP contribution < -0.4 is 9.47 Å². The highest BCUT2D eigenvalue weighted by molar-refractivity contribution is 8.76. The molecule has 0 heterocycles. The van der Waals surface area contributed by atoms with Gasteiger partial charge in [-0.2, -0.15) is 0 Å².